The fourth-order valence-electron chi connectivity index (χ4n) is 1.67. The third-order valence-corrected chi connectivity index (χ3v) is 4.01. The molecule has 0 spiro atoms. The topological polar surface area (TPSA) is 96.1 Å². The standard InChI is InChI=1S/C8H14N4O3S/c1-15-8-5-9-4-7(8)12-16(13,14)6-2-10-11-3-6/h2-3,7-9,12H,4-5H2,1H3,(H,10,11)/t7?,8-/m0/s1. The molecule has 2 heterocycles. The number of methoxy groups -OCH3 is 1. The van der Waals surface area contributed by atoms with E-state index in [0.717, 1.165) is 0 Å². The monoisotopic (exact) mass is 246 g/mol. The second-order valence-electron chi connectivity index (χ2n) is 3.59. The SMILES string of the molecule is CO[C@H]1CNCC1NS(=O)(=O)c1cn[nH]c1. The first-order chi connectivity index (χ1) is 7.63. The van der Waals surface area contributed by atoms with Crippen LogP contribution in [-0.4, -0.2) is 51.0 Å². The summed E-state index contributed by atoms with van der Waals surface area (Å²) in [4.78, 5) is 0.134. The maximum Gasteiger partial charge on any atom is 0.244 e. The normalized spacial score (nSPS) is 26.1. The molecule has 2 atom stereocenters. The molecule has 0 aromatic carbocycles. The number of nitrogens with one attached hydrogen (secondary N) is 3. The van der Waals surface area contributed by atoms with Gasteiger partial charge in [-0.3, -0.25) is 5.10 Å². The highest BCUT2D eigenvalue weighted by Gasteiger charge is 2.31. The van der Waals surface area contributed by atoms with Gasteiger partial charge in [0.1, 0.15) is 4.90 Å². The number of hydrogen-bond acceptors (Lipinski definition) is 5. The molecular weight excluding hydrogens is 232 g/mol. The molecule has 1 aromatic heterocycles. The zero-order valence-electron chi connectivity index (χ0n) is 8.80. The molecule has 1 aliphatic heterocycles. The third kappa shape index (κ3) is 2.24. The van der Waals surface area contributed by atoms with Gasteiger partial charge < -0.3 is 10.1 Å². The highest BCUT2D eigenvalue weighted by molar-refractivity contribution is 7.89. The van der Waals surface area contributed by atoms with Crippen LogP contribution in [0.25, 0.3) is 0 Å². The van der Waals surface area contributed by atoms with Gasteiger partial charge in [0.2, 0.25) is 10.0 Å². The van der Waals surface area contributed by atoms with Gasteiger partial charge in [-0.25, -0.2) is 13.1 Å². The minimum Gasteiger partial charge on any atom is -0.378 e. The number of aromatic nitrogens is 2. The van der Waals surface area contributed by atoms with Crippen molar-refractivity contribution in [1.82, 2.24) is 20.2 Å². The van der Waals surface area contributed by atoms with Crippen LogP contribution in [0.3, 0.4) is 0 Å². The molecule has 1 fully saturated rings. The molecule has 0 amide bonds. The first-order valence-corrected chi connectivity index (χ1v) is 6.36. The molecule has 0 saturated carbocycles. The summed E-state index contributed by atoms with van der Waals surface area (Å²) in [5.74, 6) is 0. The van der Waals surface area contributed by atoms with Crippen LogP contribution in [0.1, 0.15) is 0 Å². The van der Waals surface area contributed by atoms with Crippen molar-refractivity contribution in [2.24, 2.45) is 0 Å². The maximum absolute atomic E-state index is 11.9. The lowest BCUT2D eigenvalue weighted by Gasteiger charge is -2.17. The minimum atomic E-state index is -3.51. The molecule has 1 aromatic rings. The Kier molecular flexibility index (Phi) is 3.24. The molecule has 0 aliphatic carbocycles. The van der Waals surface area contributed by atoms with Crippen molar-refractivity contribution in [1.29, 1.82) is 0 Å². The van der Waals surface area contributed by atoms with Gasteiger partial charge in [-0.15, -0.1) is 0 Å². The number of hydrogen-bond donors (Lipinski definition) is 3. The molecule has 2 rings (SSSR count). The Balaban J connectivity index is 2.10. The van der Waals surface area contributed by atoms with E-state index in [-0.39, 0.29) is 17.0 Å². The summed E-state index contributed by atoms with van der Waals surface area (Å²) in [5, 5.41) is 9.15. The smallest absolute Gasteiger partial charge is 0.244 e. The number of aromatic amines is 1. The zero-order valence-corrected chi connectivity index (χ0v) is 9.62. The third-order valence-electron chi connectivity index (χ3n) is 2.55. The second kappa shape index (κ2) is 4.50. The van der Waals surface area contributed by atoms with Crippen LogP contribution in [0.2, 0.25) is 0 Å². The van der Waals surface area contributed by atoms with Crippen LogP contribution in [0, 0.1) is 0 Å². The van der Waals surface area contributed by atoms with E-state index in [0.29, 0.717) is 13.1 Å². The molecule has 3 N–H and O–H groups in total. The lowest BCUT2D eigenvalue weighted by molar-refractivity contribution is 0.103. The summed E-state index contributed by atoms with van der Waals surface area (Å²) in [6.07, 6.45) is 2.47. The molecule has 90 valence electrons. The van der Waals surface area contributed by atoms with Gasteiger partial charge in [0.05, 0.1) is 18.3 Å². The molecule has 1 unspecified atom stereocenters. The van der Waals surface area contributed by atoms with E-state index in [9.17, 15) is 8.42 Å². The number of H-pyrrole nitrogens is 1. The van der Waals surface area contributed by atoms with E-state index in [1.54, 1.807) is 7.11 Å². The summed E-state index contributed by atoms with van der Waals surface area (Å²) in [6.45, 7) is 1.21. The fraction of sp³-hybridized carbons (Fsp3) is 0.625. The maximum atomic E-state index is 11.9. The molecule has 16 heavy (non-hydrogen) atoms. The summed E-state index contributed by atoms with van der Waals surface area (Å²) in [5.41, 5.74) is 0. The Morgan fingerprint density at radius 2 is 2.38 bits per heavy atom. The molecular formula is C8H14N4O3S. The van der Waals surface area contributed by atoms with E-state index in [4.69, 9.17) is 4.74 Å². The van der Waals surface area contributed by atoms with Crippen molar-refractivity contribution >= 4 is 10.0 Å². The van der Waals surface area contributed by atoms with E-state index in [1.807, 2.05) is 0 Å². The molecule has 1 aliphatic rings. The average Bonchev–Trinajstić information content (AvgIpc) is 2.86. The minimum absolute atomic E-state index is 0.134. The lowest BCUT2D eigenvalue weighted by Crippen LogP contribution is -2.43. The Bertz CT molecular complexity index is 430. The van der Waals surface area contributed by atoms with Gasteiger partial charge in [0.25, 0.3) is 0 Å². The van der Waals surface area contributed by atoms with Crippen LogP contribution >= 0.6 is 0 Å². The quantitative estimate of drug-likeness (QED) is 0.612. The van der Waals surface area contributed by atoms with Crippen molar-refractivity contribution in [2.45, 2.75) is 17.0 Å². The Hall–Kier alpha value is -0.960. The highest BCUT2D eigenvalue weighted by atomic mass is 32.2. The fourth-order valence-corrected chi connectivity index (χ4v) is 2.84. The highest BCUT2D eigenvalue weighted by Crippen LogP contribution is 2.10. The van der Waals surface area contributed by atoms with E-state index in [1.165, 1.54) is 12.4 Å². The van der Waals surface area contributed by atoms with Crippen LogP contribution < -0.4 is 10.0 Å². The predicted octanol–water partition coefficient (Wildman–Crippen LogP) is -1.33. The largest absolute Gasteiger partial charge is 0.378 e. The summed E-state index contributed by atoms with van der Waals surface area (Å²) < 4.78 is 31.5. The Morgan fingerprint density at radius 3 is 3.00 bits per heavy atom. The summed E-state index contributed by atoms with van der Waals surface area (Å²) >= 11 is 0. The number of nitrogens with zero attached hydrogens (tertiary/aromatic N) is 1. The van der Waals surface area contributed by atoms with Gasteiger partial charge in [-0.05, 0) is 0 Å². The zero-order chi connectivity index (χ0) is 11.6. The molecule has 0 radical (unpaired) electrons. The van der Waals surface area contributed by atoms with Crippen molar-refractivity contribution in [3.63, 3.8) is 0 Å². The van der Waals surface area contributed by atoms with E-state index >= 15 is 0 Å². The first-order valence-electron chi connectivity index (χ1n) is 4.88. The molecule has 8 heteroatoms. The lowest BCUT2D eigenvalue weighted by atomic mass is 10.2. The van der Waals surface area contributed by atoms with E-state index in [2.05, 4.69) is 20.2 Å². The molecule has 7 nitrogen and oxygen atoms in total. The van der Waals surface area contributed by atoms with Crippen molar-refractivity contribution < 1.29 is 13.2 Å². The average molecular weight is 246 g/mol. The van der Waals surface area contributed by atoms with Gasteiger partial charge >= 0.3 is 0 Å². The van der Waals surface area contributed by atoms with Crippen molar-refractivity contribution in [3.8, 4) is 0 Å². The van der Waals surface area contributed by atoms with Gasteiger partial charge in [0.15, 0.2) is 0 Å². The Labute approximate surface area is 93.6 Å². The van der Waals surface area contributed by atoms with Gasteiger partial charge in [-0.1, -0.05) is 0 Å². The number of rotatable bonds is 4. The summed E-state index contributed by atoms with van der Waals surface area (Å²) in [7, 11) is -1.94. The van der Waals surface area contributed by atoms with Gasteiger partial charge in [-0.2, -0.15) is 5.10 Å². The summed E-state index contributed by atoms with van der Waals surface area (Å²) in [6, 6.07) is -0.245. The van der Waals surface area contributed by atoms with Gasteiger partial charge in [0, 0.05) is 26.4 Å². The van der Waals surface area contributed by atoms with Crippen LogP contribution in [-0.2, 0) is 14.8 Å². The molecule has 0 bridgehead atoms. The van der Waals surface area contributed by atoms with E-state index < -0.39 is 10.0 Å². The molecule has 1 saturated heterocycles. The second-order valence-corrected chi connectivity index (χ2v) is 5.31. The van der Waals surface area contributed by atoms with Crippen LogP contribution in [0.5, 0.6) is 0 Å². The predicted molar refractivity (Wildman–Crippen MR) is 56.4 cm³/mol. The first kappa shape index (κ1) is 11.5. The van der Waals surface area contributed by atoms with Crippen molar-refractivity contribution in [3.05, 3.63) is 12.4 Å². The number of sulfonamides is 1. The van der Waals surface area contributed by atoms with Crippen LogP contribution in [0.4, 0.5) is 0 Å². The number of ether oxygens (including phenoxy) is 1. The van der Waals surface area contributed by atoms with Crippen molar-refractivity contribution in [2.75, 3.05) is 20.2 Å². The van der Waals surface area contributed by atoms with Crippen LogP contribution in [0.15, 0.2) is 17.3 Å². The Morgan fingerprint density at radius 1 is 1.56 bits per heavy atom.